The Hall–Kier alpha value is -3.09. The minimum atomic E-state index is -0.991. The maximum absolute atomic E-state index is 12.4. The van der Waals surface area contributed by atoms with Gasteiger partial charge in [-0.25, -0.2) is 9.78 Å². The molecule has 0 unspecified atom stereocenters. The number of carbonyl (C=O) groups excluding carboxylic acids is 1. The van der Waals surface area contributed by atoms with Crippen molar-refractivity contribution in [3.63, 3.8) is 0 Å². The van der Waals surface area contributed by atoms with Crippen molar-refractivity contribution in [1.29, 1.82) is 0 Å². The summed E-state index contributed by atoms with van der Waals surface area (Å²) >= 11 is 0. The molecule has 7 heteroatoms. The van der Waals surface area contributed by atoms with Crippen molar-refractivity contribution in [3.05, 3.63) is 54.2 Å². The SMILES string of the molecule is O=C(O)c1cccnc1N1CCN(C(=O)CCCOc2ccccc2)CC1. The van der Waals surface area contributed by atoms with Crippen LogP contribution in [0.5, 0.6) is 5.75 Å². The Morgan fingerprint density at radius 1 is 1.04 bits per heavy atom. The van der Waals surface area contributed by atoms with E-state index in [0.717, 1.165) is 5.75 Å². The molecule has 1 aromatic carbocycles. The highest BCUT2D eigenvalue weighted by Crippen LogP contribution is 2.19. The molecular formula is C20H23N3O4. The number of aromatic carboxylic acids is 1. The zero-order chi connectivity index (χ0) is 19.1. The number of pyridine rings is 1. The van der Waals surface area contributed by atoms with Crippen LogP contribution in [0.1, 0.15) is 23.2 Å². The Kier molecular flexibility index (Phi) is 6.25. The molecule has 0 atom stereocenters. The van der Waals surface area contributed by atoms with Gasteiger partial charge in [0, 0.05) is 38.8 Å². The number of piperazine rings is 1. The lowest BCUT2D eigenvalue weighted by Gasteiger charge is -2.36. The third-order valence-corrected chi connectivity index (χ3v) is 4.50. The van der Waals surface area contributed by atoms with Crippen molar-refractivity contribution in [2.45, 2.75) is 12.8 Å². The number of carboxylic acids is 1. The smallest absolute Gasteiger partial charge is 0.339 e. The molecule has 1 saturated heterocycles. The van der Waals surface area contributed by atoms with E-state index in [0.29, 0.717) is 51.4 Å². The number of carbonyl (C=O) groups is 2. The summed E-state index contributed by atoms with van der Waals surface area (Å²) in [5, 5.41) is 9.30. The normalized spacial score (nSPS) is 14.1. The first kappa shape index (κ1) is 18.7. The fraction of sp³-hybridized carbons (Fsp3) is 0.350. The highest BCUT2D eigenvalue weighted by Gasteiger charge is 2.24. The number of hydrogen-bond acceptors (Lipinski definition) is 5. The molecule has 1 aliphatic heterocycles. The van der Waals surface area contributed by atoms with E-state index < -0.39 is 5.97 Å². The summed E-state index contributed by atoms with van der Waals surface area (Å²) in [5.41, 5.74) is 0.190. The zero-order valence-electron chi connectivity index (χ0n) is 15.1. The molecule has 3 rings (SSSR count). The molecule has 1 N–H and O–H groups in total. The van der Waals surface area contributed by atoms with E-state index in [-0.39, 0.29) is 11.5 Å². The first-order valence-corrected chi connectivity index (χ1v) is 9.04. The lowest BCUT2D eigenvalue weighted by Crippen LogP contribution is -2.49. The van der Waals surface area contributed by atoms with Crippen LogP contribution in [0.4, 0.5) is 5.82 Å². The zero-order valence-corrected chi connectivity index (χ0v) is 15.1. The van der Waals surface area contributed by atoms with Gasteiger partial charge in [-0.3, -0.25) is 4.79 Å². The molecule has 0 radical (unpaired) electrons. The predicted molar refractivity (Wildman–Crippen MR) is 101 cm³/mol. The van der Waals surface area contributed by atoms with E-state index in [2.05, 4.69) is 4.98 Å². The van der Waals surface area contributed by atoms with Crippen LogP contribution < -0.4 is 9.64 Å². The van der Waals surface area contributed by atoms with Gasteiger partial charge in [0.15, 0.2) is 0 Å². The van der Waals surface area contributed by atoms with Crippen LogP contribution in [0.15, 0.2) is 48.7 Å². The highest BCUT2D eigenvalue weighted by atomic mass is 16.5. The van der Waals surface area contributed by atoms with Gasteiger partial charge in [-0.2, -0.15) is 0 Å². The monoisotopic (exact) mass is 369 g/mol. The number of hydrogen-bond donors (Lipinski definition) is 1. The van der Waals surface area contributed by atoms with E-state index in [1.165, 1.54) is 0 Å². The van der Waals surface area contributed by atoms with Crippen molar-refractivity contribution in [3.8, 4) is 5.75 Å². The van der Waals surface area contributed by atoms with Crippen molar-refractivity contribution >= 4 is 17.7 Å². The minimum absolute atomic E-state index is 0.103. The maximum Gasteiger partial charge on any atom is 0.339 e. The molecule has 1 aromatic heterocycles. The third-order valence-electron chi connectivity index (χ3n) is 4.50. The molecule has 2 heterocycles. The topological polar surface area (TPSA) is 83.0 Å². The summed E-state index contributed by atoms with van der Waals surface area (Å²) in [7, 11) is 0. The van der Waals surface area contributed by atoms with Crippen LogP contribution in [-0.4, -0.2) is 59.7 Å². The van der Waals surface area contributed by atoms with Gasteiger partial charge in [-0.15, -0.1) is 0 Å². The van der Waals surface area contributed by atoms with Crippen LogP contribution in [0, 0.1) is 0 Å². The van der Waals surface area contributed by atoms with Gasteiger partial charge in [0.1, 0.15) is 17.1 Å². The van der Waals surface area contributed by atoms with Crippen LogP contribution in [0.3, 0.4) is 0 Å². The fourth-order valence-electron chi connectivity index (χ4n) is 3.07. The van der Waals surface area contributed by atoms with Crippen molar-refractivity contribution in [1.82, 2.24) is 9.88 Å². The van der Waals surface area contributed by atoms with Gasteiger partial charge in [-0.1, -0.05) is 18.2 Å². The number of rotatable bonds is 7. The maximum atomic E-state index is 12.4. The molecule has 142 valence electrons. The molecule has 1 fully saturated rings. The van der Waals surface area contributed by atoms with Gasteiger partial charge in [0.2, 0.25) is 5.91 Å². The summed E-state index contributed by atoms with van der Waals surface area (Å²) < 4.78 is 5.61. The lowest BCUT2D eigenvalue weighted by molar-refractivity contribution is -0.131. The van der Waals surface area contributed by atoms with Gasteiger partial charge >= 0.3 is 5.97 Å². The standard InChI is InChI=1S/C20H23N3O4/c24-18(9-5-15-27-16-6-2-1-3-7-16)22-11-13-23(14-12-22)19-17(20(25)26)8-4-10-21-19/h1-4,6-8,10H,5,9,11-15H2,(H,25,26). The van der Waals surface area contributed by atoms with E-state index in [9.17, 15) is 14.7 Å². The van der Waals surface area contributed by atoms with Gasteiger partial charge < -0.3 is 19.6 Å². The molecule has 7 nitrogen and oxygen atoms in total. The molecule has 0 saturated carbocycles. The molecule has 0 bridgehead atoms. The minimum Gasteiger partial charge on any atom is -0.494 e. The summed E-state index contributed by atoms with van der Waals surface area (Å²) in [6, 6.07) is 12.7. The number of ether oxygens (including phenoxy) is 1. The Morgan fingerprint density at radius 3 is 2.48 bits per heavy atom. The largest absolute Gasteiger partial charge is 0.494 e. The molecule has 1 aliphatic rings. The van der Waals surface area contributed by atoms with Crippen LogP contribution >= 0.6 is 0 Å². The average molecular weight is 369 g/mol. The number of para-hydroxylation sites is 1. The summed E-state index contributed by atoms with van der Waals surface area (Å²) in [5.74, 6) is 0.386. The molecular weight excluding hydrogens is 346 g/mol. The van der Waals surface area contributed by atoms with E-state index in [1.54, 1.807) is 18.3 Å². The molecule has 0 spiro atoms. The number of carboxylic acid groups (broad SMARTS) is 1. The van der Waals surface area contributed by atoms with Crippen LogP contribution in [0.25, 0.3) is 0 Å². The Morgan fingerprint density at radius 2 is 1.78 bits per heavy atom. The predicted octanol–water partition coefficient (Wildman–Crippen LogP) is 2.29. The number of nitrogens with zero attached hydrogens (tertiary/aromatic N) is 3. The highest BCUT2D eigenvalue weighted by molar-refractivity contribution is 5.93. The number of anilines is 1. The van der Waals surface area contributed by atoms with Crippen molar-refractivity contribution in [2.75, 3.05) is 37.7 Å². The summed E-state index contributed by atoms with van der Waals surface area (Å²) in [4.78, 5) is 31.7. The Labute approximate surface area is 158 Å². The molecule has 27 heavy (non-hydrogen) atoms. The van der Waals surface area contributed by atoms with Gasteiger partial charge in [-0.05, 0) is 30.7 Å². The summed E-state index contributed by atoms with van der Waals surface area (Å²) in [6.45, 7) is 2.78. The number of benzene rings is 1. The first-order valence-electron chi connectivity index (χ1n) is 9.04. The van der Waals surface area contributed by atoms with Gasteiger partial charge in [0.05, 0.1) is 6.61 Å². The average Bonchev–Trinajstić information content (AvgIpc) is 2.72. The molecule has 1 amide bonds. The van der Waals surface area contributed by atoms with Crippen LogP contribution in [-0.2, 0) is 4.79 Å². The summed E-state index contributed by atoms with van der Waals surface area (Å²) in [6.07, 6.45) is 2.69. The third kappa shape index (κ3) is 4.97. The number of amides is 1. The fourth-order valence-corrected chi connectivity index (χ4v) is 3.07. The Bertz CT molecular complexity index is 774. The molecule has 0 aliphatic carbocycles. The van der Waals surface area contributed by atoms with E-state index >= 15 is 0 Å². The second-order valence-corrected chi connectivity index (χ2v) is 6.31. The lowest BCUT2D eigenvalue weighted by atomic mass is 10.2. The quantitative estimate of drug-likeness (QED) is 0.754. The van der Waals surface area contributed by atoms with E-state index in [4.69, 9.17) is 4.74 Å². The molecule has 2 aromatic rings. The Balaban J connectivity index is 1.43. The van der Waals surface area contributed by atoms with Crippen molar-refractivity contribution in [2.24, 2.45) is 0 Å². The second kappa shape index (κ2) is 9.02. The second-order valence-electron chi connectivity index (χ2n) is 6.31. The number of aromatic nitrogens is 1. The van der Waals surface area contributed by atoms with E-state index in [1.807, 2.05) is 40.1 Å². The first-order chi connectivity index (χ1) is 13.1. The van der Waals surface area contributed by atoms with Crippen molar-refractivity contribution < 1.29 is 19.4 Å². The van der Waals surface area contributed by atoms with Crippen LogP contribution in [0.2, 0.25) is 0 Å². The van der Waals surface area contributed by atoms with Gasteiger partial charge in [0.25, 0.3) is 0 Å².